The first-order chi connectivity index (χ1) is 16.7. The Morgan fingerprint density at radius 3 is 2.59 bits per heavy atom. The van der Waals surface area contributed by atoms with Crippen LogP contribution in [0, 0.1) is 0 Å². The Hall–Kier alpha value is -2.65. The molecule has 8 nitrogen and oxygen atoms in total. The van der Waals surface area contributed by atoms with Crippen LogP contribution in [0.15, 0.2) is 48.8 Å². The van der Waals surface area contributed by atoms with Crippen molar-refractivity contribution in [2.45, 2.75) is 31.6 Å². The summed E-state index contributed by atoms with van der Waals surface area (Å²) >= 11 is 0. The first-order valence-electron chi connectivity index (χ1n) is 12.0. The van der Waals surface area contributed by atoms with Gasteiger partial charge in [0, 0.05) is 52.3 Å². The van der Waals surface area contributed by atoms with Crippen LogP contribution < -0.4 is 4.90 Å². The quantitative estimate of drug-likeness (QED) is 0.495. The number of carbonyl (C=O) groups is 1. The summed E-state index contributed by atoms with van der Waals surface area (Å²) in [6, 6.07) is 10.5. The standard InChI is InChI=1S/C26H34N4O4/c1-32-19-23(11-10-21-7-3-2-4-8-21)29-12-14-30(15-13-29)26-27-17-22(18-28-26)24(31)20-34-25-9-5-6-16-33-25/h2-4,7-8,10-11,17-18,23,25H,5-6,9,12-16,19-20H2,1H3/b11-10+. The minimum atomic E-state index is -0.279. The van der Waals surface area contributed by atoms with E-state index in [1.165, 1.54) is 5.56 Å². The normalized spacial score (nSPS) is 20.5. The molecule has 4 rings (SSSR count). The molecule has 0 radical (unpaired) electrons. The molecule has 1 aromatic carbocycles. The summed E-state index contributed by atoms with van der Waals surface area (Å²) in [5.41, 5.74) is 1.64. The number of ketones is 1. The van der Waals surface area contributed by atoms with E-state index in [9.17, 15) is 4.79 Å². The zero-order chi connectivity index (χ0) is 23.6. The summed E-state index contributed by atoms with van der Waals surface area (Å²) in [5, 5.41) is 0. The molecule has 0 aliphatic carbocycles. The molecule has 182 valence electrons. The van der Waals surface area contributed by atoms with Crippen molar-refractivity contribution in [3.05, 3.63) is 59.9 Å². The fourth-order valence-corrected chi connectivity index (χ4v) is 4.22. The summed E-state index contributed by atoms with van der Waals surface area (Å²) in [7, 11) is 1.74. The molecule has 3 heterocycles. The molecular formula is C26H34N4O4. The first-order valence-corrected chi connectivity index (χ1v) is 12.0. The van der Waals surface area contributed by atoms with Crippen LogP contribution in [0.25, 0.3) is 6.08 Å². The number of benzene rings is 1. The van der Waals surface area contributed by atoms with E-state index in [1.807, 2.05) is 18.2 Å². The van der Waals surface area contributed by atoms with Crippen LogP contribution in [-0.2, 0) is 14.2 Å². The van der Waals surface area contributed by atoms with Crippen molar-refractivity contribution in [2.24, 2.45) is 0 Å². The minimum absolute atomic E-state index is 0.0105. The Morgan fingerprint density at radius 2 is 1.91 bits per heavy atom. The van der Waals surface area contributed by atoms with Gasteiger partial charge in [-0.2, -0.15) is 0 Å². The maximum absolute atomic E-state index is 12.4. The van der Waals surface area contributed by atoms with Gasteiger partial charge in [-0.1, -0.05) is 42.5 Å². The van der Waals surface area contributed by atoms with Crippen molar-refractivity contribution in [1.29, 1.82) is 0 Å². The van der Waals surface area contributed by atoms with Crippen LogP contribution in [0.4, 0.5) is 5.95 Å². The molecule has 2 saturated heterocycles. The number of carbonyl (C=O) groups excluding carboxylic acids is 1. The van der Waals surface area contributed by atoms with Crippen LogP contribution in [0.2, 0.25) is 0 Å². The molecule has 34 heavy (non-hydrogen) atoms. The number of nitrogens with zero attached hydrogens (tertiary/aromatic N) is 4. The monoisotopic (exact) mass is 466 g/mol. The molecule has 0 saturated carbocycles. The van der Waals surface area contributed by atoms with Crippen LogP contribution >= 0.6 is 0 Å². The average molecular weight is 467 g/mol. The van der Waals surface area contributed by atoms with Gasteiger partial charge in [0.1, 0.15) is 6.61 Å². The Morgan fingerprint density at radius 1 is 1.15 bits per heavy atom. The third-order valence-electron chi connectivity index (χ3n) is 6.21. The van der Waals surface area contributed by atoms with Crippen molar-refractivity contribution in [1.82, 2.24) is 14.9 Å². The Bertz CT molecular complexity index is 908. The number of rotatable bonds is 10. The second-order valence-electron chi connectivity index (χ2n) is 8.62. The molecule has 2 aliphatic heterocycles. The SMILES string of the molecule is COCC(/C=C/c1ccccc1)N1CCN(c2ncc(C(=O)COC3CCCCO3)cn2)CC1. The van der Waals surface area contributed by atoms with Crippen molar-refractivity contribution in [3.8, 4) is 0 Å². The average Bonchev–Trinajstić information content (AvgIpc) is 2.91. The molecule has 2 atom stereocenters. The second-order valence-corrected chi connectivity index (χ2v) is 8.62. The number of anilines is 1. The van der Waals surface area contributed by atoms with Crippen molar-refractivity contribution < 1.29 is 19.0 Å². The largest absolute Gasteiger partial charge is 0.383 e. The maximum Gasteiger partial charge on any atom is 0.225 e. The van der Waals surface area contributed by atoms with Gasteiger partial charge in [0.05, 0.1) is 18.2 Å². The number of hydrogen-bond donors (Lipinski definition) is 0. The van der Waals surface area contributed by atoms with Gasteiger partial charge in [-0.3, -0.25) is 9.69 Å². The van der Waals surface area contributed by atoms with Gasteiger partial charge in [-0.05, 0) is 24.8 Å². The van der Waals surface area contributed by atoms with Crippen LogP contribution in [0.3, 0.4) is 0 Å². The van der Waals surface area contributed by atoms with Gasteiger partial charge in [0.2, 0.25) is 5.95 Å². The fourth-order valence-electron chi connectivity index (χ4n) is 4.22. The lowest BCUT2D eigenvalue weighted by atomic mass is 10.1. The predicted molar refractivity (Wildman–Crippen MR) is 131 cm³/mol. The van der Waals surface area contributed by atoms with Crippen molar-refractivity contribution >= 4 is 17.8 Å². The van der Waals surface area contributed by atoms with Crippen molar-refractivity contribution in [2.75, 3.05) is 58.0 Å². The molecule has 2 aliphatic rings. The predicted octanol–water partition coefficient (Wildman–Crippen LogP) is 3.05. The topological polar surface area (TPSA) is 77.0 Å². The molecule has 1 aromatic heterocycles. The van der Waals surface area contributed by atoms with E-state index in [4.69, 9.17) is 14.2 Å². The van der Waals surface area contributed by atoms with E-state index < -0.39 is 0 Å². The van der Waals surface area contributed by atoms with E-state index in [1.54, 1.807) is 19.5 Å². The zero-order valence-electron chi connectivity index (χ0n) is 19.8. The highest BCUT2D eigenvalue weighted by Gasteiger charge is 2.24. The third-order valence-corrected chi connectivity index (χ3v) is 6.21. The lowest BCUT2D eigenvalue weighted by molar-refractivity contribution is -0.155. The molecule has 8 heteroatoms. The van der Waals surface area contributed by atoms with Crippen LogP contribution in [-0.4, -0.2) is 86.1 Å². The summed E-state index contributed by atoms with van der Waals surface area (Å²) in [5.74, 6) is 0.522. The Labute approximate surface area is 201 Å². The fraction of sp³-hybridized carbons (Fsp3) is 0.500. The Kier molecular flexibility index (Phi) is 9.15. The van der Waals surface area contributed by atoms with Gasteiger partial charge in [-0.15, -0.1) is 0 Å². The summed E-state index contributed by atoms with van der Waals surface area (Å²) in [6.45, 7) is 4.72. The number of piperazine rings is 1. The van der Waals surface area contributed by atoms with E-state index in [2.05, 4.69) is 44.1 Å². The van der Waals surface area contributed by atoms with E-state index in [0.29, 0.717) is 24.7 Å². The number of ether oxygens (including phenoxy) is 3. The molecule has 0 N–H and O–H groups in total. The summed E-state index contributed by atoms with van der Waals surface area (Å²) in [6.07, 6.45) is 10.2. The number of methoxy groups -OCH3 is 1. The Balaban J connectivity index is 1.27. The van der Waals surface area contributed by atoms with Gasteiger partial charge in [-0.25, -0.2) is 9.97 Å². The second kappa shape index (κ2) is 12.7. The highest BCUT2D eigenvalue weighted by Crippen LogP contribution is 2.16. The molecule has 0 spiro atoms. The lowest BCUT2D eigenvalue weighted by Crippen LogP contribution is -2.51. The summed E-state index contributed by atoms with van der Waals surface area (Å²) < 4.78 is 16.6. The first kappa shape index (κ1) is 24.5. The van der Waals surface area contributed by atoms with Crippen LogP contribution in [0.5, 0.6) is 0 Å². The van der Waals surface area contributed by atoms with E-state index in [-0.39, 0.29) is 24.7 Å². The molecular weight excluding hydrogens is 432 g/mol. The van der Waals surface area contributed by atoms with Gasteiger partial charge in [0.15, 0.2) is 12.1 Å². The number of hydrogen-bond acceptors (Lipinski definition) is 8. The molecule has 2 aromatic rings. The van der Waals surface area contributed by atoms with Gasteiger partial charge < -0.3 is 19.1 Å². The third kappa shape index (κ3) is 6.93. The molecule has 0 amide bonds. The van der Waals surface area contributed by atoms with E-state index in [0.717, 1.165) is 45.4 Å². The van der Waals surface area contributed by atoms with Gasteiger partial charge >= 0.3 is 0 Å². The van der Waals surface area contributed by atoms with Gasteiger partial charge in [0.25, 0.3) is 0 Å². The maximum atomic E-state index is 12.4. The number of aromatic nitrogens is 2. The van der Waals surface area contributed by atoms with Crippen molar-refractivity contribution in [3.63, 3.8) is 0 Å². The van der Waals surface area contributed by atoms with E-state index >= 15 is 0 Å². The summed E-state index contributed by atoms with van der Waals surface area (Å²) in [4.78, 5) is 25.9. The highest BCUT2D eigenvalue weighted by atomic mass is 16.7. The zero-order valence-corrected chi connectivity index (χ0v) is 19.8. The molecule has 2 fully saturated rings. The minimum Gasteiger partial charge on any atom is -0.383 e. The lowest BCUT2D eigenvalue weighted by Gasteiger charge is -2.38. The molecule has 2 unspecified atom stereocenters. The smallest absolute Gasteiger partial charge is 0.225 e. The number of Topliss-reactive ketones (excluding diaryl/α,β-unsaturated/α-hetero) is 1. The highest BCUT2D eigenvalue weighted by molar-refractivity contribution is 5.96. The van der Waals surface area contributed by atoms with Crippen LogP contribution in [0.1, 0.15) is 35.2 Å². The molecule has 0 bridgehead atoms.